The van der Waals surface area contributed by atoms with Gasteiger partial charge < -0.3 is 14.8 Å². The first-order chi connectivity index (χ1) is 13.9. The molecule has 1 aliphatic rings. The highest BCUT2D eigenvalue weighted by molar-refractivity contribution is 6.30. The van der Waals surface area contributed by atoms with Gasteiger partial charge in [-0.3, -0.25) is 14.4 Å². The second kappa shape index (κ2) is 9.56. The van der Waals surface area contributed by atoms with Crippen molar-refractivity contribution in [3.05, 3.63) is 64.2 Å². The molecule has 0 aliphatic carbocycles. The highest BCUT2D eigenvalue weighted by Gasteiger charge is 2.28. The third-order valence-corrected chi connectivity index (χ3v) is 4.91. The number of ether oxygens (including phenoxy) is 2. The highest BCUT2D eigenvalue weighted by atomic mass is 35.5. The minimum absolute atomic E-state index is 0.0754. The summed E-state index contributed by atoms with van der Waals surface area (Å²) in [5.74, 6) is -0.561. The number of ketones is 1. The maximum Gasteiger partial charge on any atom is 0.313 e. The molecule has 1 atom stereocenters. The number of hydrogen-bond acceptors (Lipinski definition) is 5. The fourth-order valence-electron chi connectivity index (χ4n) is 3.09. The molecule has 0 bridgehead atoms. The lowest BCUT2D eigenvalue weighted by Crippen LogP contribution is -2.31. The summed E-state index contributed by atoms with van der Waals surface area (Å²) in [7, 11) is 0. The Morgan fingerprint density at radius 1 is 1.17 bits per heavy atom. The van der Waals surface area contributed by atoms with Crippen LogP contribution in [0.15, 0.2) is 42.5 Å². The average molecular weight is 416 g/mol. The standard InChI is InChI=1S/C22H22ClNO5/c1-14(25)24-9-8-15-2-4-16(5-3-15)20(26)13-29-22(27)18-10-17-11-19(23)6-7-21(17)28-12-18/h2-7,11,18H,8-10,12-13H2,1H3,(H,24,25)/t18-/m0/s1. The first kappa shape index (κ1) is 20.9. The zero-order valence-corrected chi connectivity index (χ0v) is 16.8. The predicted molar refractivity (Wildman–Crippen MR) is 108 cm³/mol. The fraction of sp³-hybridized carbons (Fsp3) is 0.318. The molecule has 0 aromatic heterocycles. The van der Waals surface area contributed by atoms with Crippen LogP contribution in [-0.2, 0) is 27.2 Å². The van der Waals surface area contributed by atoms with E-state index in [-0.39, 0.29) is 24.9 Å². The maximum atomic E-state index is 12.3. The molecule has 3 rings (SSSR count). The summed E-state index contributed by atoms with van der Waals surface area (Å²) < 4.78 is 10.8. The largest absolute Gasteiger partial charge is 0.492 e. The van der Waals surface area contributed by atoms with Gasteiger partial charge in [0.2, 0.25) is 5.91 Å². The van der Waals surface area contributed by atoms with Crippen LogP contribution in [0, 0.1) is 5.92 Å². The van der Waals surface area contributed by atoms with Gasteiger partial charge in [0.05, 0.1) is 5.92 Å². The molecular weight excluding hydrogens is 394 g/mol. The quantitative estimate of drug-likeness (QED) is 0.555. The van der Waals surface area contributed by atoms with Crippen LogP contribution in [0.3, 0.4) is 0 Å². The van der Waals surface area contributed by atoms with E-state index in [0.717, 1.165) is 11.1 Å². The summed E-state index contributed by atoms with van der Waals surface area (Å²) in [5, 5.41) is 3.30. The van der Waals surface area contributed by atoms with E-state index in [2.05, 4.69) is 5.32 Å². The van der Waals surface area contributed by atoms with Gasteiger partial charge in [0.15, 0.2) is 12.4 Å². The smallest absolute Gasteiger partial charge is 0.313 e. The molecule has 152 valence electrons. The third kappa shape index (κ3) is 5.81. The first-order valence-electron chi connectivity index (χ1n) is 9.37. The van der Waals surface area contributed by atoms with Crippen molar-refractivity contribution in [2.75, 3.05) is 19.8 Å². The number of esters is 1. The number of halogens is 1. The Kier molecular flexibility index (Phi) is 6.88. The van der Waals surface area contributed by atoms with E-state index in [1.807, 2.05) is 12.1 Å². The SMILES string of the molecule is CC(=O)NCCc1ccc(C(=O)COC(=O)[C@@H]2COc3ccc(Cl)cc3C2)cc1. The monoisotopic (exact) mass is 415 g/mol. The number of benzene rings is 2. The van der Waals surface area contributed by atoms with Crippen molar-refractivity contribution in [2.45, 2.75) is 19.8 Å². The van der Waals surface area contributed by atoms with Gasteiger partial charge in [-0.25, -0.2) is 0 Å². The van der Waals surface area contributed by atoms with E-state index in [0.29, 0.717) is 35.7 Å². The average Bonchev–Trinajstić information content (AvgIpc) is 2.71. The Morgan fingerprint density at radius 2 is 1.93 bits per heavy atom. The molecule has 1 aliphatic heterocycles. The minimum Gasteiger partial charge on any atom is -0.492 e. The Hall–Kier alpha value is -2.86. The second-order valence-electron chi connectivity index (χ2n) is 6.92. The van der Waals surface area contributed by atoms with Gasteiger partial charge in [-0.15, -0.1) is 0 Å². The van der Waals surface area contributed by atoms with Crippen LogP contribution in [0.25, 0.3) is 0 Å². The topological polar surface area (TPSA) is 81.7 Å². The van der Waals surface area contributed by atoms with Crippen molar-refractivity contribution in [1.82, 2.24) is 5.32 Å². The first-order valence-corrected chi connectivity index (χ1v) is 9.74. The fourth-order valence-corrected chi connectivity index (χ4v) is 3.29. The predicted octanol–water partition coefficient (Wildman–Crippen LogP) is 3.00. The van der Waals surface area contributed by atoms with E-state index in [9.17, 15) is 14.4 Å². The van der Waals surface area contributed by atoms with Crippen LogP contribution in [0.1, 0.15) is 28.4 Å². The number of carbonyl (C=O) groups excluding carboxylic acids is 3. The van der Waals surface area contributed by atoms with Gasteiger partial charge in [0, 0.05) is 24.1 Å². The van der Waals surface area contributed by atoms with Gasteiger partial charge in [-0.1, -0.05) is 35.9 Å². The van der Waals surface area contributed by atoms with Crippen LogP contribution in [0.4, 0.5) is 0 Å². The minimum atomic E-state index is -0.468. The van der Waals surface area contributed by atoms with E-state index < -0.39 is 11.9 Å². The summed E-state index contributed by atoms with van der Waals surface area (Å²) >= 11 is 5.99. The summed E-state index contributed by atoms with van der Waals surface area (Å²) in [6, 6.07) is 12.3. The van der Waals surface area contributed by atoms with Gasteiger partial charge in [-0.2, -0.15) is 0 Å². The summed E-state index contributed by atoms with van der Waals surface area (Å²) in [6.07, 6.45) is 1.14. The lowest BCUT2D eigenvalue weighted by Gasteiger charge is -2.24. The number of Topliss-reactive ketones (excluding diaryl/α,β-unsaturated/α-hetero) is 1. The normalized spacial score (nSPS) is 15.0. The highest BCUT2D eigenvalue weighted by Crippen LogP contribution is 2.30. The van der Waals surface area contributed by atoms with E-state index in [1.54, 1.807) is 30.3 Å². The van der Waals surface area contributed by atoms with Crippen molar-refractivity contribution in [2.24, 2.45) is 5.92 Å². The third-order valence-electron chi connectivity index (χ3n) is 4.67. The Morgan fingerprint density at radius 3 is 2.66 bits per heavy atom. The van der Waals surface area contributed by atoms with Gasteiger partial charge in [0.1, 0.15) is 12.4 Å². The van der Waals surface area contributed by atoms with Crippen molar-refractivity contribution < 1.29 is 23.9 Å². The van der Waals surface area contributed by atoms with E-state index >= 15 is 0 Å². The van der Waals surface area contributed by atoms with Gasteiger partial charge >= 0.3 is 5.97 Å². The molecular formula is C22H22ClNO5. The maximum absolute atomic E-state index is 12.3. The lowest BCUT2D eigenvalue weighted by atomic mass is 9.97. The lowest BCUT2D eigenvalue weighted by molar-refractivity contribution is -0.148. The molecule has 29 heavy (non-hydrogen) atoms. The molecule has 1 amide bonds. The van der Waals surface area contributed by atoms with Crippen molar-refractivity contribution in [1.29, 1.82) is 0 Å². The van der Waals surface area contributed by atoms with Crippen molar-refractivity contribution in [3.8, 4) is 5.75 Å². The summed E-state index contributed by atoms with van der Waals surface area (Å²) in [6.45, 7) is 1.90. The molecule has 0 unspecified atom stereocenters. The second-order valence-corrected chi connectivity index (χ2v) is 7.36. The van der Waals surface area contributed by atoms with Crippen LogP contribution < -0.4 is 10.1 Å². The Labute approximate surface area is 174 Å². The molecule has 0 saturated carbocycles. The molecule has 7 heteroatoms. The molecule has 0 saturated heterocycles. The van der Waals surface area contributed by atoms with Crippen LogP contribution in [0.5, 0.6) is 5.75 Å². The summed E-state index contributed by atoms with van der Waals surface area (Å²) in [4.78, 5) is 35.5. The number of fused-ring (bicyclic) bond motifs is 1. The van der Waals surface area contributed by atoms with Gasteiger partial charge in [0.25, 0.3) is 0 Å². The zero-order valence-electron chi connectivity index (χ0n) is 16.1. The van der Waals surface area contributed by atoms with Gasteiger partial charge in [-0.05, 0) is 42.2 Å². The van der Waals surface area contributed by atoms with Crippen molar-refractivity contribution in [3.63, 3.8) is 0 Å². The molecule has 1 heterocycles. The van der Waals surface area contributed by atoms with Crippen LogP contribution in [0.2, 0.25) is 5.02 Å². The Balaban J connectivity index is 1.49. The molecule has 1 N–H and O–H groups in total. The molecule has 0 radical (unpaired) electrons. The Bertz CT molecular complexity index is 910. The van der Waals surface area contributed by atoms with Crippen LogP contribution in [-0.4, -0.2) is 37.4 Å². The molecule has 6 nitrogen and oxygen atoms in total. The number of rotatable bonds is 7. The number of hydrogen-bond donors (Lipinski definition) is 1. The number of nitrogens with one attached hydrogen (secondary N) is 1. The van der Waals surface area contributed by atoms with Crippen molar-refractivity contribution >= 4 is 29.3 Å². The van der Waals surface area contributed by atoms with E-state index in [4.69, 9.17) is 21.1 Å². The number of carbonyl (C=O) groups is 3. The number of amides is 1. The zero-order chi connectivity index (χ0) is 20.8. The molecule has 2 aromatic carbocycles. The van der Waals surface area contributed by atoms with Crippen LogP contribution >= 0.6 is 11.6 Å². The molecule has 2 aromatic rings. The summed E-state index contributed by atoms with van der Waals surface area (Å²) in [5.41, 5.74) is 2.33. The molecule has 0 spiro atoms. The van der Waals surface area contributed by atoms with E-state index in [1.165, 1.54) is 6.92 Å². The molecule has 0 fully saturated rings.